The van der Waals surface area contributed by atoms with E-state index in [1.807, 2.05) is 0 Å². The van der Waals surface area contributed by atoms with Crippen LogP contribution in [0.4, 0.5) is 0 Å². The average Bonchev–Trinajstić information content (AvgIpc) is 2.89. The molecule has 3 aromatic rings. The molecule has 1 amide bonds. The summed E-state index contributed by atoms with van der Waals surface area (Å²) < 4.78 is 0. The van der Waals surface area contributed by atoms with E-state index in [1.54, 1.807) is 7.05 Å². The number of carbonyl (C=O) groups excluding carboxylic acids is 1. The molecule has 0 saturated heterocycles. The van der Waals surface area contributed by atoms with E-state index >= 15 is 0 Å². The largest absolute Gasteiger partial charge is 0.356 e. The fourth-order valence-corrected chi connectivity index (χ4v) is 4.03. The summed E-state index contributed by atoms with van der Waals surface area (Å²) in [4.78, 5) is 9.95. The molecule has 0 heterocycles. The van der Waals surface area contributed by atoms with Crippen LogP contribution < -0.4 is 5.32 Å². The van der Waals surface area contributed by atoms with Crippen molar-refractivity contribution in [1.29, 1.82) is 0 Å². The van der Waals surface area contributed by atoms with Crippen molar-refractivity contribution in [1.82, 2.24) is 5.32 Å². The minimum Gasteiger partial charge on any atom is -0.356 e. The van der Waals surface area contributed by atoms with Gasteiger partial charge in [-0.2, -0.15) is 0 Å². The molecule has 34 heavy (non-hydrogen) atoms. The maximum atomic E-state index is 9.95. The molecule has 0 aromatic heterocycles. The average molecular weight is 456 g/mol. The summed E-state index contributed by atoms with van der Waals surface area (Å²) in [6.45, 7) is 9.97. The number of hydrogen-bond acceptors (Lipinski definition) is 1. The van der Waals surface area contributed by atoms with Crippen molar-refractivity contribution in [3.8, 4) is 22.3 Å². The van der Waals surface area contributed by atoms with Gasteiger partial charge in [0.1, 0.15) is 0 Å². The number of aryl methyl sites for hydroxylation is 3. The van der Waals surface area contributed by atoms with Crippen molar-refractivity contribution in [2.45, 2.75) is 65.7 Å². The predicted molar refractivity (Wildman–Crippen MR) is 148 cm³/mol. The molecular formula is C32H41NO. The lowest BCUT2D eigenvalue weighted by atomic mass is 9.92. The molecule has 1 N–H and O–H groups in total. The quantitative estimate of drug-likeness (QED) is 0.242. The fraction of sp³-hybridized carbons (Fsp3) is 0.344. The molecule has 180 valence electrons. The molecule has 0 aliphatic carbocycles. The Morgan fingerprint density at radius 1 is 0.765 bits per heavy atom. The Balaban J connectivity index is 0.000000604. The summed E-state index contributed by atoms with van der Waals surface area (Å²) in [6, 6.07) is 25.3. The van der Waals surface area contributed by atoms with Crippen LogP contribution in [0.25, 0.3) is 22.3 Å². The van der Waals surface area contributed by atoms with E-state index in [0.29, 0.717) is 0 Å². The first-order valence-corrected chi connectivity index (χ1v) is 12.7. The lowest BCUT2D eigenvalue weighted by molar-refractivity contribution is -0.116. The van der Waals surface area contributed by atoms with Crippen LogP contribution >= 0.6 is 0 Å². The normalized spacial score (nSPS) is 10.2. The Morgan fingerprint density at radius 2 is 1.35 bits per heavy atom. The smallest absolute Gasteiger partial charge is 0.243 e. The molecule has 3 aromatic carbocycles. The third-order valence-electron chi connectivity index (χ3n) is 6.08. The Hall–Kier alpha value is -3.13. The predicted octanol–water partition coefficient (Wildman–Crippen LogP) is 8.19. The van der Waals surface area contributed by atoms with Crippen molar-refractivity contribution in [2.75, 3.05) is 7.05 Å². The Kier molecular flexibility index (Phi) is 11.9. The van der Waals surface area contributed by atoms with Gasteiger partial charge < -0.3 is 5.32 Å². The van der Waals surface area contributed by atoms with E-state index in [2.05, 4.69) is 99.4 Å². The van der Waals surface area contributed by atoms with E-state index in [4.69, 9.17) is 0 Å². The van der Waals surface area contributed by atoms with Gasteiger partial charge in [-0.25, -0.2) is 0 Å². The van der Waals surface area contributed by atoms with Crippen molar-refractivity contribution in [3.05, 3.63) is 96.1 Å². The molecule has 0 fully saturated rings. The first kappa shape index (κ1) is 27.1. The second kappa shape index (κ2) is 14.9. The molecule has 2 nitrogen and oxygen atoms in total. The third-order valence-corrected chi connectivity index (χ3v) is 6.08. The van der Waals surface area contributed by atoms with E-state index in [0.717, 1.165) is 12.8 Å². The van der Waals surface area contributed by atoms with Gasteiger partial charge in [-0.05, 0) is 70.7 Å². The molecule has 2 heteroatoms. The maximum Gasteiger partial charge on any atom is 0.243 e. The van der Waals surface area contributed by atoms with Crippen LogP contribution in [0, 0.1) is 0 Å². The molecule has 0 aliphatic heterocycles. The highest BCUT2D eigenvalue weighted by Gasteiger charge is 2.07. The van der Waals surface area contributed by atoms with Crippen molar-refractivity contribution in [2.24, 2.45) is 0 Å². The van der Waals surface area contributed by atoms with E-state index in [-0.39, 0.29) is 5.91 Å². The Morgan fingerprint density at radius 3 is 1.85 bits per heavy atom. The lowest BCUT2D eigenvalue weighted by Crippen LogP contribution is -2.13. The molecule has 0 saturated carbocycles. The van der Waals surface area contributed by atoms with Crippen molar-refractivity contribution in [3.63, 3.8) is 0 Å². The van der Waals surface area contributed by atoms with E-state index in [9.17, 15) is 4.79 Å². The maximum absolute atomic E-state index is 9.95. The lowest BCUT2D eigenvalue weighted by Gasteiger charge is -2.12. The van der Waals surface area contributed by atoms with Crippen LogP contribution in [0.3, 0.4) is 0 Å². The molecule has 0 aliphatic rings. The highest BCUT2D eigenvalue weighted by molar-refractivity contribution is 5.86. The number of hydrogen-bond donors (Lipinski definition) is 1. The zero-order valence-electron chi connectivity index (χ0n) is 21.5. The molecule has 0 radical (unpaired) electrons. The van der Waals surface area contributed by atoms with Crippen LogP contribution in [0.5, 0.6) is 0 Å². The summed E-state index contributed by atoms with van der Waals surface area (Å²) in [7, 11) is 1.56. The van der Waals surface area contributed by atoms with Gasteiger partial charge in [0, 0.05) is 7.05 Å². The molecule has 0 unspecified atom stereocenters. The fourth-order valence-electron chi connectivity index (χ4n) is 4.03. The highest BCUT2D eigenvalue weighted by atomic mass is 16.1. The van der Waals surface area contributed by atoms with Crippen molar-refractivity contribution >= 4 is 5.91 Å². The van der Waals surface area contributed by atoms with Gasteiger partial charge >= 0.3 is 0 Å². The molecular weight excluding hydrogens is 414 g/mol. The van der Waals surface area contributed by atoms with Gasteiger partial charge in [0.25, 0.3) is 0 Å². The van der Waals surface area contributed by atoms with Crippen LogP contribution in [0.15, 0.2) is 79.4 Å². The Bertz CT molecular complexity index is 1020. The number of nitrogens with one attached hydrogen (secondary N) is 1. The number of rotatable bonds is 10. The SMILES string of the molecule is C=CC(=O)NC.CCCCCc1ccc(-c2ccc(-c3ccc(CCC)cc3)cc2CC)cc1. The van der Waals surface area contributed by atoms with Crippen LogP contribution in [-0.2, 0) is 24.1 Å². The van der Waals surface area contributed by atoms with Crippen LogP contribution in [0.1, 0.15) is 63.1 Å². The second-order valence-corrected chi connectivity index (χ2v) is 8.64. The molecule has 0 atom stereocenters. The summed E-state index contributed by atoms with van der Waals surface area (Å²) in [5.74, 6) is -0.144. The first-order chi connectivity index (χ1) is 16.6. The molecule has 3 rings (SSSR count). The number of unbranched alkanes of at least 4 members (excludes halogenated alkanes) is 2. The van der Waals surface area contributed by atoms with E-state index in [1.165, 1.54) is 77.1 Å². The Labute approximate surface area is 207 Å². The van der Waals surface area contributed by atoms with Gasteiger partial charge in [0.05, 0.1) is 0 Å². The standard InChI is InChI=1S/C28H34.C4H7NO/c1-4-7-8-10-23-13-17-26(18-14-23)28-20-19-27(21-24(28)6-3)25-15-11-22(9-5-2)12-16-25;1-3-4(6)5-2/h11-21H,4-10H2,1-3H3;3H,1H2,2H3,(H,5,6). The van der Waals surface area contributed by atoms with Gasteiger partial charge in [-0.1, -0.05) is 113 Å². The summed E-state index contributed by atoms with van der Waals surface area (Å²) in [5.41, 5.74) is 9.65. The zero-order chi connectivity index (χ0) is 24.8. The number of amides is 1. The monoisotopic (exact) mass is 455 g/mol. The van der Waals surface area contributed by atoms with Crippen LogP contribution in [0.2, 0.25) is 0 Å². The topological polar surface area (TPSA) is 29.1 Å². The summed E-state index contributed by atoms with van der Waals surface area (Å²) in [6.07, 6.45) is 9.73. The minimum atomic E-state index is -0.144. The summed E-state index contributed by atoms with van der Waals surface area (Å²) >= 11 is 0. The van der Waals surface area contributed by atoms with Gasteiger partial charge in [-0.3, -0.25) is 4.79 Å². The molecule has 0 bridgehead atoms. The number of carbonyl (C=O) groups is 1. The number of likely N-dealkylation sites (N-methyl/N-ethyl adjacent to an activating group) is 1. The zero-order valence-corrected chi connectivity index (χ0v) is 21.5. The second-order valence-electron chi connectivity index (χ2n) is 8.64. The van der Waals surface area contributed by atoms with Crippen molar-refractivity contribution < 1.29 is 4.79 Å². The van der Waals surface area contributed by atoms with Gasteiger partial charge in [0.15, 0.2) is 0 Å². The van der Waals surface area contributed by atoms with Crippen LogP contribution in [-0.4, -0.2) is 13.0 Å². The first-order valence-electron chi connectivity index (χ1n) is 12.7. The molecule has 0 spiro atoms. The minimum absolute atomic E-state index is 0.144. The van der Waals surface area contributed by atoms with E-state index < -0.39 is 0 Å². The highest BCUT2D eigenvalue weighted by Crippen LogP contribution is 2.30. The third kappa shape index (κ3) is 8.33. The number of benzene rings is 3. The summed E-state index contributed by atoms with van der Waals surface area (Å²) in [5, 5.41) is 2.36. The van der Waals surface area contributed by atoms with Gasteiger partial charge in [-0.15, -0.1) is 0 Å². The van der Waals surface area contributed by atoms with Gasteiger partial charge in [0.2, 0.25) is 5.91 Å².